The SMILES string of the molecule is CCNC(=NCc1nnc2n1CCCCC2)NC1CCN(c2ccccc2OC)C1. The number of ether oxygens (including phenoxy) is 1. The van der Waals surface area contributed by atoms with Crippen LogP contribution in [0.2, 0.25) is 0 Å². The number of nitrogens with zero attached hydrogens (tertiary/aromatic N) is 5. The third-order valence-electron chi connectivity index (χ3n) is 5.86. The van der Waals surface area contributed by atoms with E-state index in [1.165, 1.54) is 19.3 Å². The normalized spacial score (nSPS) is 19.3. The maximum atomic E-state index is 5.53. The van der Waals surface area contributed by atoms with E-state index >= 15 is 0 Å². The van der Waals surface area contributed by atoms with E-state index in [-0.39, 0.29) is 0 Å². The second-order valence-electron chi connectivity index (χ2n) is 7.94. The maximum absolute atomic E-state index is 5.53. The first kappa shape index (κ1) is 20.5. The number of benzene rings is 1. The summed E-state index contributed by atoms with van der Waals surface area (Å²) in [5.74, 6) is 3.84. The van der Waals surface area contributed by atoms with Crippen molar-refractivity contribution in [1.82, 2.24) is 25.4 Å². The standard InChI is InChI=1S/C22H33N7O/c1-3-23-22(24-15-21-27-26-20-11-5-4-8-13-29(20)21)25-17-12-14-28(16-17)18-9-6-7-10-19(18)30-2/h6-7,9-10,17H,3-5,8,11-16H2,1-2H3,(H2,23,24,25). The molecule has 4 rings (SSSR count). The third kappa shape index (κ3) is 4.68. The molecule has 0 spiro atoms. The molecule has 162 valence electrons. The van der Waals surface area contributed by atoms with Crippen LogP contribution >= 0.6 is 0 Å². The van der Waals surface area contributed by atoms with Gasteiger partial charge in [0.25, 0.3) is 0 Å². The van der Waals surface area contributed by atoms with Crippen molar-refractivity contribution in [3.63, 3.8) is 0 Å². The Bertz CT molecular complexity index is 863. The van der Waals surface area contributed by atoms with Gasteiger partial charge in [-0.3, -0.25) is 0 Å². The summed E-state index contributed by atoms with van der Waals surface area (Å²) in [6, 6.07) is 8.55. The van der Waals surface area contributed by atoms with Crippen LogP contribution in [-0.2, 0) is 19.5 Å². The van der Waals surface area contributed by atoms with Gasteiger partial charge in [-0.1, -0.05) is 18.6 Å². The zero-order valence-electron chi connectivity index (χ0n) is 18.1. The highest BCUT2D eigenvalue weighted by molar-refractivity contribution is 5.80. The van der Waals surface area contributed by atoms with Crippen LogP contribution in [0, 0.1) is 0 Å². The minimum atomic E-state index is 0.336. The summed E-state index contributed by atoms with van der Waals surface area (Å²) in [5, 5.41) is 15.8. The average Bonchev–Trinajstić information content (AvgIpc) is 3.32. The van der Waals surface area contributed by atoms with E-state index in [1.807, 2.05) is 12.1 Å². The van der Waals surface area contributed by atoms with Crippen LogP contribution in [0.4, 0.5) is 5.69 Å². The molecule has 2 aliphatic rings. The molecular weight excluding hydrogens is 378 g/mol. The fraction of sp³-hybridized carbons (Fsp3) is 0.591. The van der Waals surface area contributed by atoms with E-state index in [4.69, 9.17) is 9.73 Å². The fourth-order valence-electron chi connectivity index (χ4n) is 4.31. The molecule has 2 aliphatic heterocycles. The van der Waals surface area contributed by atoms with Crippen molar-refractivity contribution in [3.8, 4) is 5.75 Å². The summed E-state index contributed by atoms with van der Waals surface area (Å²) >= 11 is 0. The van der Waals surface area contributed by atoms with Gasteiger partial charge in [0.1, 0.15) is 18.1 Å². The molecule has 0 aliphatic carbocycles. The van der Waals surface area contributed by atoms with Gasteiger partial charge in [0.2, 0.25) is 0 Å². The van der Waals surface area contributed by atoms with Gasteiger partial charge in [0.05, 0.1) is 12.8 Å². The molecule has 1 aromatic carbocycles. The maximum Gasteiger partial charge on any atom is 0.191 e. The number of hydrogen-bond donors (Lipinski definition) is 2. The molecule has 30 heavy (non-hydrogen) atoms. The molecule has 0 saturated carbocycles. The number of fused-ring (bicyclic) bond motifs is 1. The lowest BCUT2D eigenvalue weighted by Gasteiger charge is -2.22. The lowest BCUT2D eigenvalue weighted by Crippen LogP contribution is -2.44. The number of hydrogen-bond acceptors (Lipinski definition) is 5. The van der Waals surface area contributed by atoms with E-state index in [0.717, 1.165) is 68.1 Å². The molecule has 2 aromatic rings. The molecule has 1 atom stereocenters. The summed E-state index contributed by atoms with van der Waals surface area (Å²) in [6.45, 7) is 6.39. The second kappa shape index (κ2) is 9.82. The van der Waals surface area contributed by atoms with Crippen LogP contribution < -0.4 is 20.3 Å². The lowest BCUT2D eigenvalue weighted by atomic mass is 10.2. The van der Waals surface area contributed by atoms with Crippen molar-refractivity contribution in [1.29, 1.82) is 0 Å². The molecule has 1 aromatic heterocycles. The minimum Gasteiger partial charge on any atom is -0.495 e. The highest BCUT2D eigenvalue weighted by atomic mass is 16.5. The first-order valence-electron chi connectivity index (χ1n) is 11.1. The second-order valence-corrected chi connectivity index (χ2v) is 7.94. The average molecular weight is 412 g/mol. The molecule has 1 saturated heterocycles. The van der Waals surface area contributed by atoms with Gasteiger partial charge in [0, 0.05) is 38.6 Å². The van der Waals surface area contributed by atoms with Gasteiger partial charge in [-0.05, 0) is 38.3 Å². The summed E-state index contributed by atoms with van der Waals surface area (Å²) < 4.78 is 7.80. The summed E-state index contributed by atoms with van der Waals surface area (Å²) in [6.07, 6.45) is 5.75. The Morgan fingerprint density at radius 3 is 2.97 bits per heavy atom. The molecule has 1 unspecified atom stereocenters. The zero-order valence-corrected chi connectivity index (χ0v) is 18.1. The quantitative estimate of drug-likeness (QED) is 0.561. The predicted octanol–water partition coefficient (Wildman–Crippen LogP) is 2.35. The topological polar surface area (TPSA) is 79.6 Å². The Hall–Kier alpha value is -2.77. The monoisotopic (exact) mass is 411 g/mol. The van der Waals surface area contributed by atoms with E-state index in [0.29, 0.717) is 12.6 Å². The number of nitrogens with one attached hydrogen (secondary N) is 2. The number of rotatable bonds is 6. The van der Waals surface area contributed by atoms with Crippen molar-refractivity contribution in [2.75, 3.05) is 31.6 Å². The van der Waals surface area contributed by atoms with E-state index < -0.39 is 0 Å². The van der Waals surface area contributed by atoms with Crippen LogP contribution in [0.5, 0.6) is 5.75 Å². The largest absolute Gasteiger partial charge is 0.495 e. The number of aliphatic imine (C=N–C) groups is 1. The van der Waals surface area contributed by atoms with Crippen molar-refractivity contribution in [2.24, 2.45) is 4.99 Å². The Kier molecular flexibility index (Phi) is 6.71. The number of guanidine groups is 1. The zero-order chi connectivity index (χ0) is 20.8. The predicted molar refractivity (Wildman–Crippen MR) is 119 cm³/mol. The molecule has 8 nitrogen and oxygen atoms in total. The number of aromatic nitrogens is 3. The van der Waals surface area contributed by atoms with Crippen LogP contribution in [0.25, 0.3) is 0 Å². The molecule has 0 bridgehead atoms. The molecule has 1 fully saturated rings. The summed E-state index contributed by atoms with van der Waals surface area (Å²) in [4.78, 5) is 7.19. The minimum absolute atomic E-state index is 0.336. The first-order chi connectivity index (χ1) is 14.8. The van der Waals surface area contributed by atoms with Gasteiger partial charge in [-0.25, -0.2) is 4.99 Å². The van der Waals surface area contributed by atoms with E-state index in [2.05, 4.69) is 49.4 Å². The third-order valence-corrected chi connectivity index (χ3v) is 5.86. The van der Waals surface area contributed by atoms with Gasteiger partial charge < -0.3 is 24.8 Å². The van der Waals surface area contributed by atoms with Crippen LogP contribution in [-0.4, -0.2) is 53.5 Å². The highest BCUT2D eigenvalue weighted by Gasteiger charge is 2.25. The smallest absolute Gasteiger partial charge is 0.191 e. The number of anilines is 1. The molecule has 0 radical (unpaired) electrons. The van der Waals surface area contributed by atoms with Crippen molar-refractivity contribution >= 4 is 11.6 Å². The summed E-state index contributed by atoms with van der Waals surface area (Å²) in [7, 11) is 1.73. The van der Waals surface area contributed by atoms with E-state index in [9.17, 15) is 0 Å². The van der Waals surface area contributed by atoms with Gasteiger partial charge in [-0.15, -0.1) is 10.2 Å². The van der Waals surface area contributed by atoms with Gasteiger partial charge in [0.15, 0.2) is 11.8 Å². The van der Waals surface area contributed by atoms with Crippen molar-refractivity contribution in [2.45, 2.75) is 58.2 Å². The molecule has 2 N–H and O–H groups in total. The van der Waals surface area contributed by atoms with Gasteiger partial charge in [-0.2, -0.15) is 0 Å². The molecule has 8 heteroatoms. The van der Waals surface area contributed by atoms with Crippen LogP contribution in [0.1, 0.15) is 44.3 Å². The van der Waals surface area contributed by atoms with E-state index in [1.54, 1.807) is 7.11 Å². The molecule has 0 amide bonds. The Morgan fingerprint density at radius 1 is 1.20 bits per heavy atom. The van der Waals surface area contributed by atoms with Gasteiger partial charge >= 0.3 is 0 Å². The van der Waals surface area contributed by atoms with Crippen LogP contribution in [0.3, 0.4) is 0 Å². The Morgan fingerprint density at radius 2 is 2.10 bits per heavy atom. The number of methoxy groups -OCH3 is 1. The van der Waals surface area contributed by atoms with Crippen LogP contribution in [0.15, 0.2) is 29.3 Å². The first-order valence-corrected chi connectivity index (χ1v) is 11.1. The summed E-state index contributed by atoms with van der Waals surface area (Å²) in [5.41, 5.74) is 1.15. The van der Waals surface area contributed by atoms with Crippen molar-refractivity contribution in [3.05, 3.63) is 35.9 Å². The Labute approximate surface area is 178 Å². The molecular formula is C22H33N7O. The van der Waals surface area contributed by atoms with Crippen molar-refractivity contribution < 1.29 is 4.74 Å². The molecule has 3 heterocycles. The number of para-hydroxylation sites is 2. The lowest BCUT2D eigenvalue weighted by molar-refractivity contribution is 0.415. The fourth-order valence-corrected chi connectivity index (χ4v) is 4.31. The number of aryl methyl sites for hydroxylation is 1. The Balaban J connectivity index is 1.40. The highest BCUT2D eigenvalue weighted by Crippen LogP contribution is 2.30.